The van der Waals surface area contributed by atoms with Crippen LogP contribution in [0.1, 0.15) is 133 Å². The second-order valence-electron chi connectivity index (χ2n) is 23.8. The Morgan fingerprint density at radius 2 is 1.73 bits per heavy atom. The number of likely N-dealkylation sites (N-methyl/N-ethyl adjacent to an activating group) is 1. The predicted molar refractivity (Wildman–Crippen MR) is 279 cm³/mol. The van der Waals surface area contributed by atoms with Crippen molar-refractivity contribution in [3.05, 3.63) is 89.0 Å². The number of fused-ring (bicyclic) bond motifs is 7. The maximum Gasteiger partial charge on any atom is 0.524 e. The van der Waals surface area contributed by atoms with Crippen molar-refractivity contribution < 1.29 is 57.4 Å². The number of ether oxygens (including phenoxy) is 3. The van der Waals surface area contributed by atoms with Gasteiger partial charge in [-0.1, -0.05) is 100 Å². The summed E-state index contributed by atoms with van der Waals surface area (Å²) in [4.78, 5) is 50.1. The summed E-state index contributed by atoms with van der Waals surface area (Å²) in [5.74, 6) is 0.574. The first-order valence-electron chi connectivity index (χ1n) is 27.9. The summed E-state index contributed by atoms with van der Waals surface area (Å²) in [5, 5.41) is 26.8. The monoisotopic (exact) mass is 1030 g/mol. The maximum absolute atomic E-state index is 15.4. The second kappa shape index (κ2) is 23.2. The molecule has 3 saturated carbocycles. The number of hydrogen-bond donors (Lipinski definition) is 5. The van der Waals surface area contributed by atoms with Crippen LogP contribution in [0.15, 0.2) is 72.3 Å². The Hall–Kier alpha value is -3.11. The predicted octanol–water partition coefficient (Wildman–Crippen LogP) is 8.16. The van der Waals surface area contributed by atoms with E-state index >= 15 is 4.79 Å². The SMILES string of the molecule is C[C@]12C=CC(=O)CC1=CC[C@@H]1[C@@H]2[C@@H](O)C[C@@]2(C)[C@H]1C[C@H]1O[C@@H](C3CCCCC3)O[C@]12C(=O)CN1CC[N+](C)(Cc2ccc(C(O)CNCCCCCCOCCCCc3ccccc3)cc2OP(=O)(O)O)CC1. The number of piperazine rings is 1. The van der Waals surface area contributed by atoms with Gasteiger partial charge in [-0.25, -0.2) is 4.57 Å². The van der Waals surface area contributed by atoms with Crippen molar-refractivity contribution in [3.8, 4) is 5.75 Å². The van der Waals surface area contributed by atoms with E-state index in [1.165, 1.54) is 12.0 Å². The van der Waals surface area contributed by atoms with Crippen LogP contribution in [0.5, 0.6) is 5.75 Å². The number of unbranched alkanes of at least 4 members (excludes halogenated alkanes) is 4. The molecule has 7 aliphatic rings. The third kappa shape index (κ3) is 12.1. The highest BCUT2D eigenvalue weighted by atomic mass is 31.2. The van der Waals surface area contributed by atoms with Crippen molar-refractivity contribution in [2.75, 3.05) is 66.1 Å². The first-order valence-corrected chi connectivity index (χ1v) is 29.4. The maximum atomic E-state index is 15.4. The third-order valence-electron chi connectivity index (χ3n) is 18.8. The summed E-state index contributed by atoms with van der Waals surface area (Å²) in [7, 11) is -2.80. The molecule has 5 fully saturated rings. The first kappa shape index (κ1) is 54.7. The summed E-state index contributed by atoms with van der Waals surface area (Å²) >= 11 is 0. The van der Waals surface area contributed by atoms with E-state index in [9.17, 15) is 29.4 Å². The molecule has 2 aliphatic heterocycles. The normalized spacial score (nSPS) is 32.6. The van der Waals surface area contributed by atoms with Crippen LogP contribution in [0.25, 0.3) is 0 Å². The molecule has 0 spiro atoms. The molecule has 10 atom stereocenters. The quantitative estimate of drug-likeness (QED) is 0.0311. The lowest BCUT2D eigenvalue weighted by atomic mass is 9.47. The largest absolute Gasteiger partial charge is 0.524 e. The number of nitrogens with one attached hydrogen (secondary N) is 1. The van der Waals surface area contributed by atoms with E-state index < -0.39 is 48.9 Å². The van der Waals surface area contributed by atoms with Gasteiger partial charge in [-0.3, -0.25) is 24.3 Å². The highest BCUT2D eigenvalue weighted by Crippen LogP contribution is 2.69. The number of quaternary nitrogens is 1. The standard InChI is InChI=1S/C58H84N3O11P/c1-56-26-25-46(62)35-45(56)23-24-47-48-36-53-58(57(48,2)37-49(63)54(47)56,71-55(70-53)42-19-10-7-11-20-42)52(65)39-60-28-30-61(3,31-29-60)40-44-22-21-43(34-51(44)72-73(66,67)68)50(64)38-59-27-13-4-5-14-32-69-33-15-12-18-41-16-8-6-9-17-41/h6,8-9,16-17,21-23,25-26,34,42,47-50,53-55,59,63-64H,4-5,7,10-15,18-20,24,27-33,35-40H2,1-3H3,(H-,66,67,68)/p+1/t47-,48-,49-,50?,53+,54+,55+,56-,57-,58+/m0/s1. The van der Waals surface area contributed by atoms with E-state index in [0.29, 0.717) is 74.1 Å². The number of rotatable bonds is 23. The highest BCUT2D eigenvalue weighted by Gasteiger charge is 2.76. The van der Waals surface area contributed by atoms with Gasteiger partial charge in [-0.15, -0.1) is 0 Å². The van der Waals surface area contributed by atoms with E-state index in [2.05, 4.69) is 61.5 Å². The van der Waals surface area contributed by atoms with Crippen LogP contribution >= 0.6 is 7.82 Å². The summed E-state index contributed by atoms with van der Waals surface area (Å²) < 4.78 is 38.2. The average molecular weight is 1030 g/mol. The molecule has 2 aromatic rings. The molecule has 0 amide bonds. The van der Waals surface area contributed by atoms with Crippen LogP contribution in [0.2, 0.25) is 0 Å². The number of carbonyl (C=O) groups excluding carboxylic acids is 2. The molecule has 5 aliphatic carbocycles. The van der Waals surface area contributed by atoms with Crippen molar-refractivity contribution in [1.29, 1.82) is 0 Å². The van der Waals surface area contributed by atoms with Gasteiger partial charge in [0.15, 0.2) is 23.5 Å². The van der Waals surface area contributed by atoms with Crippen molar-refractivity contribution in [2.24, 2.45) is 34.5 Å². The molecule has 14 nitrogen and oxygen atoms in total. The molecule has 0 aromatic heterocycles. The second-order valence-corrected chi connectivity index (χ2v) is 24.9. The molecule has 15 heteroatoms. The summed E-state index contributed by atoms with van der Waals surface area (Å²) in [5.41, 5.74) is 1.36. The van der Waals surface area contributed by atoms with Crippen LogP contribution in [0.4, 0.5) is 0 Å². The zero-order chi connectivity index (χ0) is 51.4. The van der Waals surface area contributed by atoms with Gasteiger partial charge >= 0.3 is 7.82 Å². The Labute approximate surface area is 434 Å². The molecule has 0 bridgehead atoms. The number of aliphatic hydroxyl groups is 2. The Morgan fingerprint density at radius 3 is 2.48 bits per heavy atom. The fraction of sp³-hybridized carbons (Fsp3) is 0.690. The van der Waals surface area contributed by atoms with Crippen LogP contribution in [0.3, 0.4) is 0 Å². The lowest BCUT2D eigenvalue weighted by Crippen LogP contribution is -2.65. The number of aliphatic hydroxyl groups excluding tert-OH is 2. The summed E-state index contributed by atoms with van der Waals surface area (Å²) in [6, 6.07) is 15.7. The Balaban J connectivity index is 0.780. The number of allylic oxidation sites excluding steroid dienone is 4. The molecular weight excluding hydrogens is 946 g/mol. The fourth-order valence-corrected chi connectivity index (χ4v) is 15.2. The molecule has 2 aromatic carbocycles. The van der Waals surface area contributed by atoms with Crippen molar-refractivity contribution >= 4 is 19.4 Å². The van der Waals surface area contributed by atoms with Gasteiger partial charge < -0.3 is 38.7 Å². The number of phosphoric ester groups is 1. The lowest BCUT2D eigenvalue weighted by molar-refractivity contribution is -0.926. The zero-order valence-corrected chi connectivity index (χ0v) is 44.7. The Kier molecular flexibility index (Phi) is 17.4. The zero-order valence-electron chi connectivity index (χ0n) is 43.8. The summed E-state index contributed by atoms with van der Waals surface area (Å²) in [6.07, 6.45) is 18.7. The number of nitrogens with zero attached hydrogens (tertiary/aromatic N) is 2. The van der Waals surface area contributed by atoms with Crippen LogP contribution in [-0.2, 0) is 41.3 Å². The molecule has 0 radical (unpaired) electrons. The Bertz CT molecular complexity index is 2330. The Morgan fingerprint density at radius 1 is 0.986 bits per heavy atom. The molecule has 73 heavy (non-hydrogen) atoms. The van der Waals surface area contributed by atoms with Gasteiger partial charge in [0.25, 0.3) is 0 Å². The average Bonchev–Trinajstić information content (AvgIpc) is 3.87. The van der Waals surface area contributed by atoms with E-state index in [1.807, 2.05) is 24.3 Å². The minimum Gasteiger partial charge on any atom is -0.404 e. The number of aryl methyl sites for hydroxylation is 1. The van der Waals surface area contributed by atoms with Crippen molar-refractivity contribution in [3.63, 3.8) is 0 Å². The van der Waals surface area contributed by atoms with Crippen LogP contribution < -0.4 is 9.84 Å². The number of carbonyl (C=O) groups is 2. The van der Waals surface area contributed by atoms with E-state index in [-0.39, 0.29) is 47.5 Å². The van der Waals surface area contributed by atoms with Gasteiger partial charge in [-0.05, 0) is 112 Å². The van der Waals surface area contributed by atoms with E-state index in [0.717, 1.165) is 102 Å². The molecule has 402 valence electrons. The molecular formula is C58H85N3O11P+. The molecule has 5 N–H and O–H groups in total. The topological polar surface area (TPSA) is 184 Å². The van der Waals surface area contributed by atoms with Crippen molar-refractivity contribution in [1.82, 2.24) is 10.2 Å². The van der Waals surface area contributed by atoms with Gasteiger partial charge in [0.2, 0.25) is 0 Å². The van der Waals surface area contributed by atoms with Gasteiger partial charge in [-0.2, -0.15) is 0 Å². The molecule has 2 heterocycles. The van der Waals surface area contributed by atoms with Gasteiger partial charge in [0, 0.05) is 67.5 Å². The number of hydrogen-bond acceptors (Lipinski definition) is 11. The molecule has 9 rings (SSSR count). The molecule has 1 unspecified atom stereocenters. The number of phosphoric acid groups is 1. The smallest absolute Gasteiger partial charge is 0.404 e. The first-order chi connectivity index (χ1) is 35.0. The van der Waals surface area contributed by atoms with Gasteiger partial charge in [0.05, 0.1) is 45.0 Å². The van der Waals surface area contributed by atoms with Crippen LogP contribution in [-0.4, -0.2) is 131 Å². The van der Waals surface area contributed by atoms with Crippen molar-refractivity contribution in [2.45, 2.75) is 153 Å². The lowest BCUT2D eigenvalue weighted by Gasteiger charge is -2.59. The minimum absolute atomic E-state index is 0.0340. The van der Waals surface area contributed by atoms with Crippen LogP contribution in [0, 0.1) is 34.5 Å². The number of Topliss-reactive ketones (excluding diaryl/α,β-unsaturated/α-hetero) is 1. The summed E-state index contributed by atoms with van der Waals surface area (Å²) in [6.45, 7) is 10.2. The third-order valence-corrected chi connectivity index (χ3v) is 19.2. The fourth-order valence-electron chi connectivity index (χ4n) is 14.7. The van der Waals surface area contributed by atoms with Gasteiger partial charge in [0.1, 0.15) is 12.3 Å². The number of benzene rings is 2. The molecule has 2 saturated heterocycles. The van der Waals surface area contributed by atoms with E-state index in [4.69, 9.17) is 18.7 Å². The highest BCUT2D eigenvalue weighted by molar-refractivity contribution is 7.46. The van der Waals surface area contributed by atoms with E-state index in [1.54, 1.807) is 12.1 Å². The minimum atomic E-state index is -4.92. The number of ketones is 2.